The number of carbonyl (C=O) groups is 1. The molecule has 2 aromatic heterocycles. The molecule has 0 aliphatic heterocycles. The molecule has 1 atom stereocenters. The van der Waals surface area contributed by atoms with E-state index in [2.05, 4.69) is 25.8 Å². The molecule has 2 heterocycles. The highest BCUT2D eigenvalue weighted by Gasteiger charge is 2.11. The van der Waals surface area contributed by atoms with Gasteiger partial charge < -0.3 is 9.88 Å². The molecule has 22 heavy (non-hydrogen) atoms. The molecule has 8 nitrogen and oxygen atoms in total. The number of carbonyl (C=O) groups excluding carboxylic acids is 1. The molecule has 0 spiro atoms. The Balaban J connectivity index is 1.68. The maximum absolute atomic E-state index is 12.0. The van der Waals surface area contributed by atoms with Gasteiger partial charge in [-0.25, -0.2) is 9.67 Å². The van der Waals surface area contributed by atoms with Gasteiger partial charge in [0.15, 0.2) is 0 Å². The Morgan fingerprint density at radius 1 is 1.36 bits per heavy atom. The molecule has 0 saturated carbocycles. The lowest BCUT2D eigenvalue weighted by atomic mass is 10.1. The zero-order valence-corrected chi connectivity index (χ0v) is 12.0. The third-order valence-corrected chi connectivity index (χ3v) is 3.25. The van der Waals surface area contributed by atoms with Gasteiger partial charge in [-0.15, -0.1) is 5.10 Å². The molecule has 1 N–H and O–H groups in total. The summed E-state index contributed by atoms with van der Waals surface area (Å²) in [5, 5.41) is 13.6. The molecule has 0 aliphatic carbocycles. The molecule has 3 aromatic rings. The van der Waals surface area contributed by atoms with Crippen molar-refractivity contribution in [3.63, 3.8) is 0 Å². The summed E-state index contributed by atoms with van der Waals surface area (Å²) in [6, 6.07) is 7.81. The quantitative estimate of drug-likeness (QED) is 0.750. The second kappa shape index (κ2) is 6.17. The number of aromatic nitrogens is 6. The van der Waals surface area contributed by atoms with Gasteiger partial charge in [-0.05, 0) is 35.0 Å². The number of benzene rings is 1. The van der Waals surface area contributed by atoms with Crippen molar-refractivity contribution in [2.75, 3.05) is 0 Å². The molecule has 1 amide bonds. The van der Waals surface area contributed by atoms with Crippen LogP contribution < -0.4 is 5.32 Å². The van der Waals surface area contributed by atoms with Crippen LogP contribution in [0.1, 0.15) is 18.5 Å². The number of tetrazole rings is 1. The van der Waals surface area contributed by atoms with E-state index in [4.69, 9.17) is 0 Å². The maximum Gasteiger partial charge on any atom is 0.242 e. The fourth-order valence-corrected chi connectivity index (χ4v) is 2.14. The van der Waals surface area contributed by atoms with E-state index in [1.165, 1.54) is 11.0 Å². The zero-order valence-electron chi connectivity index (χ0n) is 12.0. The Kier molecular flexibility index (Phi) is 3.90. The van der Waals surface area contributed by atoms with Gasteiger partial charge in [0.25, 0.3) is 0 Å². The van der Waals surface area contributed by atoms with Crippen molar-refractivity contribution in [3.05, 3.63) is 54.9 Å². The average Bonchev–Trinajstić information content (AvgIpc) is 3.20. The van der Waals surface area contributed by atoms with E-state index in [1.807, 2.05) is 42.0 Å². The molecule has 0 fully saturated rings. The Hall–Kier alpha value is -3.03. The van der Waals surface area contributed by atoms with Gasteiger partial charge in [-0.1, -0.05) is 12.1 Å². The number of hydrogen-bond donors (Lipinski definition) is 1. The maximum atomic E-state index is 12.0. The highest BCUT2D eigenvalue weighted by molar-refractivity contribution is 5.76. The number of hydrogen-bond acceptors (Lipinski definition) is 5. The van der Waals surface area contributed by atoms with Crippen LogP contribution in [0.15, 0.2) is 49.3 Å². The summed E-state index contributed by atoms with van der Waals surface area (Å²) in [5.41, 5.74) is 2.01. The summed E-state index contributed by atoms with van der Waals surface area (Å²) in [7, 11) is 0. The van der Waals surface area contributed by atoms with E-state index in [0.29, 0.717) is 0 Å². The smallest absolute Gasteiger partial charge is 0.242 e. The number of amides is 1. The van der Waals surface area contributed by atoms with Gasteiger partial charge in [0.2, 0.25) is 5.91 Å². The highest BCUT2D eigenvalue weighted by Crippen LogP contribution is 2.16. The Morgan fingerprint density at radius 3 is 3.00 bits per heavy atom. The molecule has 0 bridgehead atoms. The number of nitrogens with zero attached hydrogens (tertiary/aromatic N) is 6. The van der Waals surface area contributed by atoms with Gasteiger partial charge in [-0.3, -0.25) is 4.79 Å². The summed E-state index contributed by atoms with van der Waals surface area (Å²) in [6.07, 6.45) is 6.74. The first-order valence-corrected chi connectivity index (χ1v) is 6.81. The molecule has 112 valence electrons. The molecule has 0 radical (unpaired) electrons. The number of rotatable bonds is 5. The van der Waals surface area contributed by atoms with E-state index in [1.54, 1.807) is 12.5 Å². The molecular formula is C14H15N7O. The SMILES string of the molecule is C[C@H](NC(=O)Cn1cnnn1)c1cccc(-n2ccnc2)c1. The van der Waals surface area contributed by atoms with Crippen LogP contribution in [-0.4, -0.2) is 35.7 Å². The van der Waals surface area contributed by atoms with Crippen molar-refractivity contribution in [2.24, 2.45) is 0 Å². The van der Waals surface area contributed by atoms with E-state index in [0.717, 1.165) is 11.3 Å². The van der Waals surface area contributed by atoms with E-state index in [-0.39, 0.29) is 18.5 Å². The molecule has 1 aromatic carbocycles. The van der Waals surface area contributed by atoms with Gasteiger partial charge >= 0.3 is 0 Å². The van der Waals surface area contributed by atoms with Crippen LogP contribution in [0.5, 0.6) is 0 Å². The van der Waals surface area contributed by atoms with Crippen molar-refractivity contribution < 1.29 is 4.79 Å². The van der Waals surface area contributed by atoms with Gasteiger partial charge in [0.05, 0.1) is 12.4 Å². The summed E-state index contributed by atoms with van der Waals surface area (Å²) in [5.74, 6) is -0.146. The van der Waals surface area contributed by atoms with E-state index in [9.17, 15) is 4.79 Å². The van der Waals surface area contributed by atoms with Crippen LogP contribution in [0.4, 0.5) is 0 Å². The number of imidazole rings is 1. The highest BCUT2D eigenvalue weighted by atomic mass is 16.2. The predicted molar refractivity (Wildman–Crippen MR) is 77.9 cm³/mol. The van der Waals surface area contributed by atoms with Crippen molar-refractivity contribution in [2.45, 2.75) is 19.5 Å². The molecule has 0 unspecified atom stereocenters. The normalized spacial score (nSPS) is 12.0. The fourth-order valence-electron chi connectivity index (χ4n) is 2.14. The third kappa shape index (κ3) is 3.17. The van der Waals surface area contributed by atoms with Crippen LogP contribution in [0.3, 0.4) is 0 Å². The average molecular weight is 297 g/mol. The molecule has 0 saturated heterocycles. The van der Waals surface area contributed by atoms with E-state index < -0.39 is 0 Å². The van der Waals surface area contributed by atoms with E-state index >= 15 is 0 Å². The largest absolute Gasteiger partial charge is 0.348 e. The second-order valence-electron chi connectivity index (χ2n) is 4.86. The minimum absolute atomic E-state index is 0.0958. The Labute approximate surface area is 126 Å². The Morgan fingerprint density at radius 2 is 2.27 bits per heavy atom. The molecule has 3 rings (SSSR count). The monoisotopic (exact) mass is 297 g/mol. The van der Waals surface area contributed by atoms with Crippen molar-refractivity contribution in [3.8, 4) is 5.69 Å². The van der Waals surface area contributed by atoms with Crippen molar-refractivity contribution >= 4 is 5.91 Å². The lowest BCUT2D eigenvalue weighted by molar-refractivity contribution is -0.122. The number of nitrogens with one attached hydrogen (secondary N) is 1. The zero-order chi connectivity index (χ0) is 15.4. The van der Waals surface area contributed by atoms with Crippen LogP contribution >= 0.6 is 0 Å². The lowest BCUT2D eigenvalue weighted by Gasteiger charge is -2.15. The summed E-state index contributed by atoms with van der Waals surface area (Å²) in [6.45, 7) is 2.03. The standard InChI is InChI=1S/C14H15N7O/c1-11(17-14(22)8-21-10-16-18-19-21)12-3-2-4-13(7-12)20-6-5-15-9-20/h2-7,9-11H,8H2,1H3,(H,17,22)/t11-/m0/s1. The van der Waals surface area contributed by atoms with Crippen LogP contribution in [0, 0.1) is 0 Å². The van der Waals surface area contributed by atoms with Crippen LogP contribution in [0.25, 0.3) is 5.69 Å². The minimum Gasteiger partial charge on any atom is -0.348 e. The fraction of sp³-hybridized carbons (Fsp3) is 0.214. The predicted octanol–water partition coefficient (Wildman–Crippen LogP) is 0.736. The van der Waals surface area contributed by atoms with Gasteiger partial charge in [0, 0.05) is 18.1 Å². The van der Waals surface area contributed by atoms with Crippen molar-refractivity contribution in [1.82, 2.24) is 35.1 Å². The van der Waals surface area contributed by atoms with Crippen molar-refractivity contribution in [1.29, 1.82) is 0 Å². The third-order valence-electron chi connectivity index (χ3n) is 3.25. The summed E-state index contributed by atoms with van der Waals surface area (Å²) >= 11 is 0. The lowest BCUT2D eigenvalue weighted by Crippen LogP contribution is -2.30. The van der Waals surface area contributed by atoms with Crippen LogP contribution in [0.2, 0.25) is 0 Å². The topological polar surface area (TPSA) is 90.5 Å². The van der Waals surface area contributed by atoms with Gasteiger partial charge in [-0.2, -0.15) is 0 Å². The molecule has 8 heteroatoms. The Bertz CT molecular complexity index is 736. The first-order chi connectivity index (χ1) is 10.7. The first-order valence-electron chi connectivity index (χ1n) is 6.81. The second-order valence-corrected chi connectivity index (χ2v) is 4.86. The van der Waals surface area contributed by atoms with Crippen LogP contribution in [-0.2, 0) is 11.3 Å². The molecular weight excluding hydrogens is 282 g/mol. The summed E-state index contributed by atoms with van der Waals surface area (Å²) < 4.78 is 3.29. The summed E-state index contributed by atoms with van der Waals surface area (Å²) in [4.78, 5) is 16.0. The molecule has 0 aliphatic rings. The first kappa shape index (κ1) is 13.9. The minimum atomic E-state index is -0.146. The van der Waals surface area contributed by atoms with Gasteiger partial charge in [0.1, 0.15) is 12.9 Å².